The van der Waals surface area contributed by atoms with Gasteiger partial charge >= 0.3 is 24.4 Å². The standard InChI is InChI=1S/C7H4F7NO4/c8-3(15-7(12,13)14)1-18-5(6(9,10)11)2-17-4(16)19-5/h1-2H2/b15-3+. The van der Waals surface area contributed by atoms with Crippen molar-refractivity contribution >= 4 is 12.1 Å². The Morgan fingerprint density at radius 2 is 1.89 bits per heavy atom. The number of carbonyl (C=O) groups excluding carboxylic acids is 1. The van der Waals surface area contributed by atoms with Gasteiger partial charge < -0.3 is 14.2 Å². The second-order valence-corrected chi connectivity index (χ2v) is 3.14. The molecule has 0 bridgehead atoms. The summed E-state index contributed by atoms with van der Waals surface area (Å²) in [6, 6.07) is 0. The van der Waals surface area contributed by atoms with Crippen LogP contribution >= 0.6 is 0 Å². The van der Waals surface area contributed by atoms with Crippen molar-refractivity contribution in [2.24, 2.45) is 4.99 Å². The second kappa shape index (κ2) is 4.83. The quantitative estimate of drug-likeness (QED) is 0.347. The Morgan fingerprint density at radius 3 is 2.26 bits per heavy atom. The van der Waals surface area contributed by atoms with Crippen LogP contribution in [0.2, 0.25) is 0 Å². The van der Waals surface area contributed by atoms with Crippen molar-refractivity contribution in [2.45, 2.75) is 18.3 Å². The normalized spacial score (nSPS) is 25.2. The first-order chi connectivity index (χ1) is 8.45. The number of halogens is 7. The average Bonchev–Trinajstić information content (AvgIpc) is 2.55. The molecule has 0 N–H and O–H groups in total. The minimum absolute atomic E-state index is 1.46. The van der Waals surface area contributed by atoms with Crippen molar-refractivity contribution in [3.05, 3.63) is 0 Å². The zero-order valence-electron chi connectivity index (χ0n) is 8.64. The first-order valence-electron chi connectivity index (χ1n) is 4.33. The minimum atomic E-state index is -5.32. The van der Waals surface area contributed by atoms with Gasteiger partial charge in [-0.25, -0.2) is 4.79 Å². The molecular formula is C7H4F7NO4. The summed E-state index contributed by atoms with van der Waals surface area (Å²) in [4.78, 5) is 11.9. The molecule has 1 unspecified atom stereocenters. The SMILES string of the molecule is O=C1OCC(OC/C(F)=N\C(F)(F)F)(C(F)(F)F)O1. The number of nitrogens with zero attached hydrogens (tertiary/aromatic N) is 1. The molecule has 0 saturated carbocycles. The van der Waals surface area contributed by atoms with E-state index < -0.39 is 43.6 Å². The van der Waals surface area contributed by atoms with Gasteiger partial charge in [-0.05, 0) is 0 Å². The Balaban J connectivity index is 2.77. The van der Waals surface area contributed by atoms with Gasteiger partial charge in [0.2, 0.25) is 5.97 Å². The molecule has 5 nitrogen and oxygen atoms in total. The van der Waals surface area contributed by atoms with Crippen LogP contribution < -0.4 is 0 Å². The second-order valence-electron chi connectivity index (χ2n) is 3.14. The predicted octanol–water partition coefficient (Wildman–Crippen LogP) is 2.32. The third kappa shape index (κ3) is 3.94. The molecule has 0 spiro atoms. The summed E-state index contributed by atoms with van der Waals surface area (Å²) >= 11 is 0. The molecular weight excluding hydrogens is 295 g/mol. The molecule has 110 valence electrons. The number of cyclic esters (lactones) is 2. The average molecular weight is 299 g/mol. The van der Waals surface area contributed by atoms with Crippen molar-refractivity contribution in [2.75, 3.05) is 13.2 Å². The van der Waals surface area contributed by atoms with Gasteiger partial charge in [0.15, 0.2) is 6.61 Å². The van der Waals surface area contributed by atoms with E-state index in [1.165, 1.54) is 4.99 Å². The lowest BCUT2D eigenvalue weighted by atomic mass is 10.3. The number of rotatable bonds is 3. The lowest BCUT2D eigenvalue weighted by molar-refractivity contribution is -0.345. The molecule has 0 radical (unpaired) electrons. The highest BCUT2D eigenvalue weighted by Gasteiger charge is 2.65. The maximum atomic E-state index is 12.6. The molecule has 1 rings (SSSR count). The van der Waals surface area contributed by atoms with Crippen LogP contribution in [-0.4, -0.2) is 43.6 Å². The van der Waals surface area contributed by atoms with Gasteiger partial charge in [0.1, 0.15) is 6.61 Å². The van der Waals surface area contributed by atoms with E-state index >= 15 is 0 Å². The smallest absolute Gasteiger partial charge is 0.427 e. The van der Waals surface area contributed by atoms with Crippen molar-refractivity contribution in [3.63, 3.8) is 0 Å². The molecule has 1 atom stereocenters. The fourth-order valence-corrected chi connectivity index (χ4v) is 0.986. The number of hydrogen-bond acceptors (Lipinski definition) is 5. The highest BCUT2D eigenvalue weighted by molar-refractivity contribution is 5.76. The van der Waals surface area contributed by atoms with E-state index in [4.69, 9.17) is 0 Å². The molecule has 1 aliphatic rings. The maximum absolute atomic E-state index is 12.6. The highest BCUT2D eigenvalue weighted by atomic mass is 19.4. The molecule has 0 aromatic heterocycles. The van der Waals surface area contributed by atoms with Crippen molar-refractivity contribution in [1.82, 2.24) is 0 Å². The Morgan fingerprint density at radius 1 is 1.32 bits per heavy atom. The summed E-state index contributed by atoms with van der Waals surface area (Å²) in [6.45, 7) is -3.26. The van der Waals surface area contributed by atoms with Gasteiger partial charge in [0.25, 0.3) is 0 Å². The van der Waals surface area contributed by atoms with Gasteiger partial charge in [-0.1, -0.05) is 0 Å². The Bertz CT molecular complexity index is 390. The van der Waals surface area contributed by atoms with Crippen LogP contribution in [-0.2, 0) is 14.2 Å². The fraction of sp³-hybridized carbons (Fsp3) is 0.714. The zero-order chi connectivity index (χ0) is 14.9. The van der Waals surface area contributed by atoms with Crippen LogP contribution in [0.4, 0.5) is 35.5 Å². The number of alkyl halides is 6. The summed E-state index contributed by atoms with van der Waals surface area (Å²) < 4.78 is 96.2. The van der Waals surface area contributed by atoms with Gasteiger partial charge in [0, 0.05) is 0 Å². The van der Waals surface area contributed by atoms with Crippen LogP contribution in [0.3, 0.4) is 0 Å². The predicted molar refractivity (Wildman–Crippen MR) is 41.8 cm³/mol. The first-order valence-corrected chi connectivity index (χ1v) is 4.33. The van der Waals surface area contributed by atoms with Crippen LogP contribution in [0, 0.1) is 0 Å². The van der Waals surface area contributed by atoms with Crippen LogP contribution in [0.25, 0.3) is 0 Å². The van der Waals surface area contributed by atoms with E-state index in [-0.39, 0.29) is 0 Å². The summed E-state index contributed by atoms with van der Waals surface area (Å²) in [5, 5.41) is 0. The lowest BCUT2D eigenvalue weighted by Gasteiger charge is -2.26. The largest absolute Gasteiger partial charge is 0.511 e. The monoisotopic (exact) mass is 299 g/mol. The Labute approximate surface area is 99.5 Å². The third-order valence-corrected chi connectivity index (χ3v) is 1.73. The van der Waals surface area contributed by atoms with Crippen LogP contribution in [0.1, 0.15) is 0 Å². The topological polar surface area (TPSA) is 57.1 Å². The molecule has 0 aromatic carbocycles. The number of carbonyl (C=O) groups is 1. The minimum Gasteiger partial charge on any atom is -0.427 e. The molecule has 0 amide bonds. The third-order valence-electron chi connectivity index (χ3n) is 1.73. The van der Waals surface area contributed by atoms with Crippen molar-refractivity contribution < 1.29 is 49.7 Å². The molecule has 1 saturated heterocycles. The van der Waals surface area contributed by atoms with E-state index in [0.29, 0.717) is 0 Å². The van der Waals surface area contributed by atoms with Gasteiger partial charge in [-0.2, -0.15) is 22.6 Å². The van der Waals surface area contributed by atoms with Gasteiger partial charge in [-0.15, -0.1) is 13.2 Å². The highest BCUT2D eigenvalue weighted by Crippen LogP contribution is 2.38. The Hall–Kier alpha value is -1.59. The zero-order valence-corrected chi connectivity index (χ0v) is 8.64. The van der Waals surface area contributed by atoms with Gasteiger partial charge in [0.05, 0.1) is 0 Å². The van der Waals surface area contributed by atoms with E-state index in [0.717, 1.165) is 0 Å². The molecule has 1 heterocycles. The summed E-state index contributed by atoms with van der Waals surface area (Å²) in [7, 11) is 0. The van der Waals surface area contributed by atoms with Gasteiger partial charge in [-0.3, -0.25) is 0 Å². The molecule has 1 aliphatic heterocycles. The van der Waals surface area contributed by atoms with E-state index in [2.05, 4.69) is 14.2 Å². The lowest BCUT2D eigenvalue weighted by Crippen LogP contribution is -2.50. The Kier molecular flexibility index (Phi) is 3.93. The van der Waals surface area contributed by atoms with E-state index in [9.17, 15) is 35.5 Å². The van der Waals surface area contributed by atoms with Crippen LogP contribution in [0.5, 0.6) is 0 Å². The van der Waals surface area contributed by atoms with Crippen molar-refractivity contribution in [1.29, 1.82) is 0 Å². The molecule has 0 aromatic rings. The summed E-state index contributed by atoms with van der Waals surface area (Å²) in [5.74, 6) is -5.92. The van der Waals surface area contributed by atoms with Crippen molar-refractivity contribution in [3.8, 4) is 0 Å². The van der Waals surface area contributed by atoms with Crippen LogP contribution in [0.15, 0.2) is 4.99 Å². The summed E-state index contributed by atoms with van der Waals surface area (Å²) in [6.07, 6.45) is -12.4. The summed E-state index contributed by atoms with van der Waals surface area (Å²) in [5.41, 5.74) is 0. The van der Waals surface area contributed by atoms with E-state index in [1.807, 2.05) is 0 Å². The molecule has 1 fully saturated rings. The molecule has 12 heteroatoms. The number of ether oxygens (including phenoxy) is 3. The number of hydrogen-bond donors (Lipinski definition) is 0. The first kappa shape index (κ1) is 15.5. The molecule has 0 aliphatic carbocycles. The fourth-order valence-electron chi connectivity index (χ4n) is 0.986. The van der Waals surface area contributed by atoms with E-state index in [1.54, 1.807) is 0 Å². The number of aliphatic imine (C=N–C) groups is 1. The molecule has 19 heavy (non-hydrogen) atoms. The maximum Gasteiger partial charge on any atom is 0.511 e.